The lowest BCUT2D eigenvalue weighted by Crippen LogP contribution is -2.32. The number of hydrogen-bond donors (Lipinski definition) is 3. The average molecular weight is 221 g/mol. The molecule has 1 saturated carbocycles. The maximum absolute atomic E-state index is 11.1. The van der Waals surface area contributed by atoms with Gasteiger partial charge in [-0.25, -0.2) is 9.97 Å². The molecule has 0 aromatic carbocycles. The number of carbonyl (C=O) groups excluding carboxylic acids is 1. The maximum Gasteiger partial charge on any atom is 0.271 e. The van der Waals surface area contributed by atoms with Crippen LogP contribution in [-0.4, -0.2) is 28.5 Å². The first-order valence-electron chi connectivity index (χ1n) is 5.29. The lowest BCUT2D eigenvalue weighted by molar-refractivity contribution is 0.0996. The fourth-order valence-electron chi connectivity index (χ4n) is 1.67. The summed E-state index contributed by atoms with van der Waals surface area (Å²) < 4.78 is 0. The van der Waals surface area contributed by atoms with Crippen LogP contribution >= 0.6 is 0 Å². The Kier molecular flexibility index (Phi) is 3.00. The van der Waals surface area contributed by atoms with Crippen molar-refractivity contribution in [2.45, 2.75) is 18.9 Å². The molecule has 1 heterocycles. The molecule has 6 heteroatoms. The van der Waals surface area contributed by atoms with Gasteiger partial charge in [-0.05, 0) is 18.8 Å². The highest BCUT2D eigenvalue weighted by molar-refractivity contribution is 5.95. The highest BCUT2D eigenvalue weighted by Gasteiger charge is 2.31. The number of anilines is 1. The van der Waals surface area contributed by atoms with E-state index in [2.05, 4.69) is 15.3 Å². The van der Waals surface area contributed by atoms with Gasteiger partial charge < -0.3 is 16.8 Å². The third kappa shape index (κ3) is 2.27. The molecule has 1 unspecified atom stereocenters. The summed E-state index contributed by atoms with van der Waals surface area (Å²) >= 11 is 0. The van der Waals surface area contributed by atoms with Gasteiger partial charge in [0.15, 0.2) is 11.5 Å². The largest absolute Gasteiger partial charge is 0.364 e. The van der Waals surface area contributed by atoms with Gasteiger partial charge in [0, 0.05) is 25.0 Å². The van der Waals surface area contributed by atoms with Crippen molar-refractivity contribution in [1.29, 1.82) is 0 Å². The van der Waals surface area contributed by atoms with E-state index in [-0.39, 0.29) is 11.7 Å². The first-order chi connectivity index (χ1) is 7.72. The number of rotatable bonds is 5. The molecule has 2 rings (SSSR count). The molecule has 0 saturated heterocycles. The Morgan fingerprint density at radius 1 is 1.50 bits per heavy atom. The molecular formula is C10H15N5O. The second-order valence-corrected chi connectivity index (χ2v) is 3.94. The van der Waals surface area contributed by atoms with Crippen molar-refractivity contribution in [3.63, 3.8) is 0 Å². The predicted molar refractivity (Wildman–Crippen MR) is 59.7 cm³/mol. The SMILES string of the molecule is NCC(Nc1nccnc1C(N)=O)C1CC1. The van der Waals surface area contributed by atoms with Gasteiger partial charge in [-0.1, -0.05) is 0 Å². The zero-order valence-electron chi connectivity index (χ0n) is 8.89. The molecule has 1 atom stereocenters. The van der Waals surface area contributed by atoms with Gasteiger partial charge in [0.25, 0.3) is 5.91 Å². The van der Waals surface area contributed by atoms with E-state index >= 15 is 0 Å². The Morgan fingerprint density at radius 3 is 2.75 bits per heavy atom. The van der Waals surface area contributed by atoms with Gasteiger partial charge in [-0.3, -0.25) is 4.79 Å². The van der Waals surface area contributed by atoms with Crippen molar-refractivity contribution in [3.8, 4) is 0 Å². The summed E-state index contributed by atoms with van der Waals surface area (Å²) in [6, 6.07) is 0.148. The number of primary amides is 1. The fraction of sp³-hybridized carbons (Fsp3) is 0.500. The summed E-state index contributed by atoms with van der Waals surface area (Å²) in [7, 11) is 0. The zero-order valence-corrected chi connectivity index (χ0v) is 8.89. The van der Waals surface area contributed by atoms with E-state index in [4.69, 9.17) is 11.5 Å². The molecule has 0 bridgehead atoms. The lowest BCUT2D eigenvalue weighted by atomic mass is 10.2. The van der Waals surface area contributed by atoms with E-state index in [1.54, 1.807) is 0 Å². The summed E-state index contributed by atoms with van der Waals surface area (Å²) in [6.07, 6.45) is 5.30. The van der Waals surface area contributed by atoms with Crippen LogP contribution in [0.25, 0.3) is 0 Å². The first-order valence-corrected chi connectivity index (χ1v) is 5.29. The number of nitrogens with two attached hydrogens (primary N) is 2. The first kappa shape index (κ1) is 10.8. The number of nitrogens with zero attached hydrogens (tertiary/aromatic N) is 2. The van der Waals surface area contributed by atoms with Crippen LogP contribution in [0, 0.1) is 5.92 Å². The average Bonchev–Trinajstić information content (AvgIpc) is 3.10. The van der Waals surface area contributed by atoms with Crippen LogP contribution in [0.4, 0.5) is 5.82 Å². The standard InChI is InChI=1S/C10H15N5O/c11-5-7(6-1-2-6)15-10-8(9(12)16)13-3-4-14-10/h3-4,6-7H,1-2,5,11H2,(H2,12,16)(H,14,15). The summed E-state index contributed by atoms with van der Waals surface area (Å²) in [5.74, 6) is 0.423. The summed E-state index contributed by atoms with van der Waals surface area (Å²) in [4.78, 5) is 19.1. The molecule has 6 nitrogen and oxygen atoms in total. The van der Waals surface area contributed by atoms with Crippen molar-refractivity contribution in [1.82, 2.24) is 9.97 Å². The van der Waals surface area contributed by atoms with Crippen molar-refractivity contribution >= 4 is 11.7 Å². The second kappa shape index (κ2) is 4.44. The van der Waals surface area contributed by atoms with E-state index < -0.39 is 5.91 Å². The molecule has 1 fully saturated rings. The number of hydrogen-bond acceptors (Lipinski definition) is 5. The minimum Gasteiger partial charge on any atom is -0.364 e. The third-order valence-electron chi connectivity index (χ3n) is 2.70. The Bertz CT molecular complexity index is 391. The van der Waals surface area contributed by atoms with E-state index in [0.717, 1.165) is 0 Å². The second-order valence-electron chi connectivity index (χ2n) is 3.94. The van der Waals surface area contributed by atoms with Gasteiger partial charge in [0.1, 0.15) is 0 Å². The van der Waals surface area contributed by atoms with Crippen molar-refractivity contribution in [2.75, 3.05) is 11.9 Å². The third-order valence-corrected chi connectivity index (χ3v) is 2.70. The van der Waals surface area contributed by atoms with Crippen LogP contribution in [0.1, 0.15) is 23.3 Å². The van der Waals surface area contributed by atoms with Gasteiger partial charge >= 0.3 is 0 Å². The molecule has 0 spiro atoms. The van der Waals surface area contributed by atoms with E-state index in [9.17, 15) is 4.79 Å². The molecule has 1 aromatic rings. The normalized spacial score (nSPS) is 16.8. The molecule has 0 radical (unpaired) electrons. The fourth-order valence-corrected chi connectivity index (χ4v) is 1.67. The minimum atomic E-state index is -0.581. The Balaban J connectivity index is 2.15. The highest BCUT2D eigenvalue weighted by Crippen LogP contribution is 2.33. The summed E-state index contributed by atoms with van der Waals surface area (Å²) in [6.45, 7) is 0.513. The van der Waals surface area contributed by atoms with Crippen molar-refractivity contribution in [2.24, 2.45) is 17.4 Å². The maximum atomic E-state index is 11.1. The smallest absolute Gasteiger partial charge is 0.271 e. The molecule has 5 N–H and O–H groups in total. The summed E-state index contributed by atoms with van der Waals surface area (Å²) in [5, 5.41) is 3.14. The number of aromatic nitrogens is 2. The minimum absolute atomic E-state index is 0.148. The molecule has 86 valence electrons. The highest BCUT2D eigenvalue weighted by atomic mass is 16.1. The van der Waals surface area contributed by atoms with Crippen molar-refractivity contribution in [3.05, 3.63) is 18.1 Å². The van der Waals surface area contributed by atoms with Gasteiger partial charge in [0.2, 0.25) is 0 Å². The van der Waals surface area contributed by atoms with E-state index in [1.807, 2.05) is 0 Å². The molecule has 1 amide bonds. The van der Waals surface area contributed by atoms with Gasteiger partial charge in [0.05, 0.1) is 0 Å². The quantitative estimate of drug-likeness (QED) is 0.634. The zero-order chi connectivity index (χ0) is 11.5. The molecular weight excluding hydrogens is 206 g/mol. The Hall–Kier alpha value is -1.69. The van der Waals surface area contributed by atoms with Crippen LogP contribution in [0.5, 0.6) is 0 Å². The Morgan fingerprint density at radius 2 is 2.19 bits per heavy atom. The number of carbonyl (C=O) groups is 1. The topological polar surface area (TPSA) is 107 Å². The lowest BCUT2D eigenvalue weighted by Gasteiger charge is -2.17. The molecule has 1 aliphatic rings. The molecule has 0 aliphatic heterocycles. The van der Waals surface area contributed by atoms with Crippen LogP contribution in [0.15, 0.2) is 12.4 Å². The van der Waals surface area contributed by atoms with Crippen LogP contribution in [0.2, 0.25) is 0 Å². The monoisotopic (exact) mass is 221 g/mol. The van der Waals surface area contributed by atoms with Crippen LogP contribution < -0.4 is 16.8 Å². The Labute approximate surface area is 93.4 Å². The van der Waals surface area contributed by atoms with E-state index in [1.165, 1.54) is 25.2 Å². The summed E-state index contributed by atoms with van der Waals surface area (Å²) in [5.41, 5.74) is 11.0. The number of nitrogens with one attached hydrogen (secondary N) is 1. The molecule has 16 heavy (non-hydrogen) atoms. The predicted octanol–water partition coefficient (Wildman–Crippen LogP) is -0.275. The van der Waals surface area contributed by atoms with Crippen molar-refractivity contribution < 1.29 is 4.79 Å². The van der Waals surface area contributed by atoms with Gasteiger partial charge in [-0.2, -0.15) is 0 Å². The number of amides is 1. The molecule has 1 aromatic heterocycles. The van der Waals surface area contributed by atoms with Crippen LogP contribution in [-0.2, 0) is 0 Å². The van der Waals surface area contributed by atoms with Crippen LogP contribution in [0.3, 0.4) is 0 Å². The molecule has 1 aliphatic carbocycles. The van der Waals surface area contributed by atoms with Gasteiger partial charge in [-0.15, -0.1) is 0 Å². The van der Waals surface area contributed by atoms with E-state index in [0.29, 0.717) is 18.3 Å².